The van der Waals surface area contributed by atoms with E-state index in [9.17, 15) is 10.1 Å². The normalized spacial score (nSPS) is 21.8. The summed E-state index contributed by atoms with van der Waals surface area (Å²) in [5.41, 5.74) is 1.27. The van der Waals surface area contributed by atoms with Gasteiger partial charge in [0.15, 0.2) is 0 Å². The van der Waals surface area contributed by atoms with Crippen molar-refractivity contribution in [2.75, 3.05) is 26.2 Å². The Morgan fingerprint density at radius 3 is 2.62 bits per heavy atom. The van der Waals surface area contributed by atoms with Crippen LogP contribution in [0, 0.1) is 16.0 Å². The van der Waals surface area contributed by atoms with Crippen molar-refractivity contribution in [1.82, 2.24) is 10.2 Å². The molecule has 5 nitrogen and oxygen atoms in total. The fraction of sp³-hybridized carbons (Fsp3) is 0.600. The first-order valence-corrected chi connectivity index (χ1v) is 8.35. The standard InChI is InChI=1S/C15H20BrN3O2/c16-13-5-4-12(10-14(13)19(20)21)15(11-2-1-3-11)18-8-6-17-7-9-18/h4-5,10-11,15,17H,1-3,6-9H2/t15-/m0/s1. The average molecular weight is 354 g/mol. The van der Waals surface area contributed by atoms with Gasteiger partial charge in [0.25, 0.3) is 5.69 Å². The highest BCUT2D eigenvalue weighted by atomic mass is 79.9. The Morgan fingerprint density at radius 2 is 2.05 bits per heavy atom. The second-order valence-electron chi connectivity index (χ2n) is 5.89. The molecule has 1 N–H and O–H groups in total. The van der Waals surface area contributed by atoms with Gasteiger partial charge in [-0.05, 0) is 46.3 Å². The van der Waals surface area contributed by atoms with E-state index in [1.54, 1.807) is 6.07 Å². The molecule has 3 rings (SSSR count). The van der Waals surface area contributed by atoms with Gasteiger partial charge in [-0.15, -0.1) is 0 Å². The van der Waals surface area contributed by atoms with Gasteiger partial charge in [0.1, 0.15) is 0 Å². The minimum atomic E-state index is -0.302. The van der Waals surface area contributed by atoms with Crippen LogP contribution in [0.5, 0.6) is 0 Å². The first kappa shape index (κ1) is 14.9. The molecule has 0 bridgehead atoms. The van der Waals surface area contributed by atoms with Crippen LogP contribution in [-0.4, -0.2) is 36.0 Å². The molecule has 0 spiro atoms. The molecule has 1 aromatic rings. The van der Waals surface area contributed by atoms with E-state index in [1.165, 1.54) is 19.3 Å². The molecule has 2 aliphatic rings. The van der Waals surface area contributed by atoms with Crippen LogP contribution in [0.15, 0.2) is 22.7 Å². The number of hydrogen-bond donors (Lipinski definition) is 1. The van der Waals surface area contributed by atoms with Crippen molar-refractivity contribution in [2.24, 2.45) is 5.92 Å². The highest BCUT2D eigenvalue weighted by molar-refractivity contribution is 9.10. The SMILES string of the molecule is O=[N+]([O-])c1cc([C@H](C2CCC2)N2CCNCC2)ccc1Br. The lowest BCUT2D eigenvalue weighted by molar-refractivity contribution is -0.385. The van der Waals surface area contributed by atoms with Crippen LogP contribution in [0.25, 0.3) is 0 Å². The van der Waals surface area contributed by atoms with Crippen LogP contribution in [0.3, 0.4) is 0 Å². The third-order valence-electron chi connectivity index (χ3n) is 4.65. The zero-order chi connectivity index (χ0) is 14.8. The summed E-state index contributed by atoms with van der Waals surface area (Å²) < 4.78 is 0.559. The highest BCUT2D eigenvalue weighted by Gasteiger charge is 2.34. The zero-order valence-corrected chi connectivity index (χ0v) is 13.5. The van der Waals surface area contributed by atoms with Crippen LogP contribution in [0.1, 0.15) is 30.9 Å². The van der Waals surface area contributed by atoms with Gasteiger partial charge in [0.2, 0.25) is 0 Å². The number of nitro groups is 1. The molecular formula is C15H20BrN3O2. The van der Waals surface area contributed by atoms with Gasteiger partial charge in [-0.1, -0.05) is 12.5 Å². The van der Waals surface area contributed by atoms with E-state index >= 15 is 0 Å². The molecule has 6 heteroatoms. The van der Waals surface area contributed by atoms with Crippen molar-refractivity contribution in [1.29, 1.82) is 0 Å². The van der Waals surface area contributed by atoms with Gasteiger partial charge in [0.05, 0.1) is 9.40 Å². The van der Waals surface area contributed by atoms with Crippen LogP contribution in [0.2, 0.25) is 0 Å². The van der Waals surface area contributed by atoms with Crippen molar-refractivity contribution in [3.63, 3.8) is 0 Å². The Labute approximate surface area is 133 Å². The Balaban J connectivity index is 1.91. The fourth-order valence-corrected chi connectivity index (χ4v) is 3.74. The summed E-state index contributed by atoms with van der Waals surface area (Å²) in [5.74, 6) is 0.642. The van der Waals surface area contributed by atoms with Crippen LogP contribution >= 0.6 is 15.9 Å². The van der Waals surface area contributed by atoms with E-state index in [2.05, 4.69) is 26.1 Å². The molecule has 0 aromatic heterocycles. The van der Waals surface area contributed by atoms with Gasteiger partial charge in [0, 0.05) is 38.3 Å². The van der Waals surface area contributed by atoms with Gasteiger partial charge < -0.3 is 5.32 Å². The number of rotatable bonds is 4. The molecule has 2 fully saturated rings. The van der Waals surface area contributed by atoms with Crippen molar-refractivity contribution in [3.8, 4) is 0 Å². The smallest absolute Gasteiger partial charge is 0.283 e. The number of nitrogens with zero attached hydrogens (tertiary/aromatic N) is 2. The lowest BCUT2D eigenvalue weighted by atomic mass is 9.76. The molecular weight excluding hydrogens is 334 g/mol. The minimum absolute atomic E-state index is 0.173. The second-order valence-corrected chi connectivity index (χ2v) is 6.74. The average Bonchev–Trinajstić information content (AvgIpc) is 2.44. The molecule has 0 radical (unpaired) electrons. The Bertz CT molecular complexity index is 528. The van der Waals surface area contributed by atoms with Gasteiger partial charge in [-0.3, -0.25) is 15.0 Å². The minimum Gasteiger partial charge on any atom is -0.314 e. The predicted molar refractivity (Wildman–Crippen MR) is 85.3 cm³/mol. The maximum absolute atomic E-state index is 11.2. The summed E-state index contributed by atoms with van der Waals surface area (Å²) in [7, 11) is 0. The third kappa shape index (κ3) is 3.12. The van der Waals surface area contributed by atoms with E-state index in [-0.39, 0.29) is 10.6 Å². The summed E-state index contributed by atoms with van der Waals surface area (Å²) >= 11 is 3.28. The lowest BCUT2D eigenvalue weighted by Gasteiger charge is -2.43. The number of nitro benzene ring substituents is 1. The summed E-state index contributed by atoms with van der Waals surface area (Å²) in [6.45, 7) is 4.04. The molecule has 21 heavy (non-hydrogen) atoms. The Kier molecular flexibility index (Phi) is 4.57. The number of nitrogens with one attached hydrogen (secondary N) is 1. The summed E-state index contributed by atoms with van der Waals surface area (Å²) in [4.78, 5) is 13.4. The predicted octanol–water partition coefficient (Wildman–Crippen LogP) is 3.10. The molecule has 1 saturated heterocycles. The molecule has 1 heterocycles. The van der Waals surface area contributed by atoms with Crippen molar-refractivity contribution in [3.05, 3.63) is 38.3 Å². The molecule has 1 aliphatic carbocycles. The van der Waals surface area contributed by atoms with E-state index < -0.39 is 0 Å². The highest BCUT2D eigenvalue weighted by Crippen LogP contribution is 2.42. The van der Waals surface area contributed by atoms with E-state index in [4.69, 9.17) is 0 Å². The number of halogens is 1. The molecule has 1 aromatic carbocycles. The Morgan fingerprint density at radius 1 is 1.33 bits per heavy atom. The molecule has 0 amide bonds. The van der Waals surface area contributed by atoms with Crippen LogP contribution < -0.4 is 5.32 Å². The van der Waals surface area contributed by atoms with Gasteiger partial charge >= 0.3 is 0 Å². The molecule has 1 saturated carbocycles. The maximum Gasteiger partial charge on any atom is 0.283 e. The third-order valence-corrected chi connectivity index (χ3v) is 5.32. The van der Waals surface area contributed by atoms with Gasteiger partial charge in [-0.25, -0.2) is 0 Å². The van der Waals surface area contributed by atoms with Crippen molar-refractivity contribution < 1.29 is 4.92 Å². The number of hydrogen-bond acceptors (Lipinski definition) is 4. The molecule has 1 atom stereocenters. The monoisotopic (exact) mass is 353 g/mol. The summed E-state index contributed by atoms with van der Waals surface area (Å²) in [5, 5.41) is 14.6. The molecule has 0 unspecified atom stereocenters. The quantitative estimate of drug-likeness (QED) is 0.667. The largest absolute Gasteiger partial charge is 0.314 e. The summed E-state index contributed by atoms with van der Waals surface area (Å²) in [6, 6.07) is 5.95. The first-order valence-electron chi connectivity index (χ1n) is 7.55. The maximum atomic E-state index is 11.2. The lowest BCUT2D eigenvalue weighted by Crippen LogP contribution is -2.47. The van der Waals surface area contributed by atoms with Crippen LogP contribution in [-0.2, 0) is 0 Å². The first-order chi connectivity index (χ1) is 10.2. The summed E-state index contributed by atoms with van der Waals surface area (Å²) in [6.07, 6.45) is 3.75. The molecule has 114 valence electrons. The molecule has 1 aliphatic heterocycles. The van der Waals surface area contributed by atoms with E-state index in [0.717, 1.165) is 31.7 Å². The topological polar surface area (TPSA) is 58.4 Å². The van der Waals surface area contributed by atoms with Crippen LogP contribution in [0.4, 0.5) is 5.69 Å². The van der Waals surface area contributed by atoms with Crippen molar-refractivity contribution >= 4 is 21.6 Å². The van der Waals surface area contributed by atoms with Crippen molar-refractivity contribution in [2.45, 2.75) is 25.3 Å². The second kappa shape index (κ2) is 6.42. The fourth-order valence-electron chi connectivity index (χ4n) is 3.35. The van der Waals surface area contributed by atoms with Gasteiger partial charge in [-0.2, -0.15) is 0 Å². The Hall–Kier alpha value is -0.980. The van der Waals surface area contributed by atoms with E-state index in [1.807, 2.05) is 12.1 Å². The number of benzene rings is 1. The number of piperazine rings is 1. The van der Waals surface area contributed by atoms with E-state index in [0.29, 0.717) is 16.4 Å². The zero-order valence-electron chi connectivity index (χ0n) is 11.9.